The monoisotopic (exact) mass is 290 g/mol. The molecular formula is C19H30O2. The van der Waals surface area contributed by atoms with Gasteiger partial charge < -0.3 is 5.11 Å². The maximum Gasteiger partial charge on any atom is 0.139 e. The highest BCUT2D eigenvalue weighted by atomic mass is 16.3. The van der Waals surface area contributed by atoms with E-state index < -0.39 is 0 Å². The average Bonchev–Trinajstić information content (AvgIpc) is 2.75. The Kier molecular flexibility index (Phi) is 3.10. The lowest BCUT2D eigenvalue weighted by atomic mass is 9.45. The number of aliphatic hydroxyl groups excluding tert-OH is 1. The zero-order valence-electron chi connectivity index (χ0n) is 13.6. The molecule has 0 aromatic carbocycles. The molecule has 21 heavy (non-hydrogen) atoms. The summed E-state index contributed by atoms with van der Waals surface area (Å²) in [4.78, 5) is 12.4. The molecule has 0 saturated heterocycles. The molecule has 0 aromatic rings. The number of hydrogen-bond donors (Lipinski definition) is 1. The summed E-state index contributed by atoms with van der Waals surface area (Å²) in [5.41, 5.74) is 0.338. The molecule has 1 N–H and O–H groups in total. The van der Waals surface area contributed by atoms with E-state index in [4.69, 9.17) is 0 Å². The maximum atomic E-state index is 12.4. The number of carbonyl (C=O) groups is 1. The first kappa shape index (κ1) is 14.2. The molecule has 118 valence electrons. The molecule has 4 aliphatic carbocycles. The topological polar surface area (TPSA) is 37.3 Å². The summed E-state index contributed by atoms with van der Waals surface area (Å²) < 4.78 is 0. The van der Waals surface area contributed by atoms with Crippen molar-refractivity contribution in [2.45, 2.75) is 77.7 Å². The molecule has 0 bridgehead atoms. The lowest BCUT2D eigenvalue weighted by molar-refractivity contribution is -0.150. The minimum Gasteiger partial charge on any atom is -0.393 e. The standard InChI is InChI=1S/C19H30O2/c1-18-10-3-4-16(20)15(18)6-5-12-13-7-8-17(21)19(13,2)11-9-14(12)18/h12-16,20H,3-11H2,1-2H3/t12-,13-,14+,15?,16?,18+,19-/m0/s1. The van der Waals surface area contributed by atoms with Crippen LogP contribution < -0.4 is 0 Å². The van der Waals surface area contributed by atoms with Gasteiger partial charge in [0.25, 0.3) is 0 Å². The Morgan fingerprint density at radius 3 is 2.57 bits per heavy atom. The Morgan fingerprint density at radius 2 is 1.76 bits per heavy atom. The summed E-state index contributed by atoms with van der Waals surface area (Å²) in [6.45, 7) is 4.73. The average molecular weight is 290 g/mol. The summed E-state index contributed by atoms with van der Waals surface area (Å²) in [7, 11) is 0. The fourth-order valence-corrected chi connectivity index (χ4v) is 7.15. The van der Waals surface area contributed by atoms with E-state index >= 15 is 0 Å². The van der Waals surface area contributed by atoms with Gasteiger partial charge in [-0.2, -0.15) is 0 Å². The number of Topliss-reactive ketones (excluding diaryl/α,β-unsaturated/α-hetero) is 1. The first-order valence-corrected chi connectivity index (χ1v) is 9.18. The Hall–Kier alpha value is -0.370. The van der Waals surface area contributed by atoms with Gasteiger partial charge in [0.15, 0.2) is 0 Å². The second kappa shape index (κ2) is 4.57. The largest absolute Gasteiger partial charge is 0.393 e. The van der Waals surface area contributed by atoms with Gasteiger partial charge in [-0.1, -0.05) is 20.3 Å². The molecule has 0 heterocycles. The van der Waals surface area contributed by atoms with Gasteiger partial charge >= 0.3 is 0 Å². The molecule has 2 heteroatoms. The van der Waals surface area contributed by atoms with Crippen LogP contribution >= 0.6 is 0 Å². The fraction of sp³-hybridized carbons (Fsp3) is 0.947. The van der Waals surface area contributed by atoms with E-state index in [1.807, 2.05) is 0 Å². The van der Waals surface area contributed by atoms with Gasteiger partial charge in [-0.15, -0.1) is 0 Å². The summed E-state index contributed by atoms with van der Waals surface area (Å²) in [6.07, 6.45) is 10.2. The third-order valence-corrected chi connectivity index (χ3v) is 8.33. The van der Waals surface area contributed by atoms with Crippen LogP contribution in [-0.4, -0.2) is 17.0 Å². The second-order valence-corrected chi connectivity index (χ2v) is 8.94. The SMILES string of the molecule is C[C@]12CCCC(O)C1CC[C@@H]1[C@H]2CC[C@]2(C)C(=O)CC[C@@H]12. The van der Waals surface area contributed by atoms with E-state index in [0.717, 1.165) is 37.5 Å². The van der Waals surface area contributed by atoms with Crippen molar-refractivity contribution in [1.82, 2.24) is 0 Å². The van der Waals surface area contributed by atoms with Gasteiger partial charge in [0.2, 0.25) is 0 Å². The molecule has 7 atom stereocenters. The van der Waals surface area contributed by atoms with Crippen LogP contribution in [0.1, 0.15) is 71.6 Å². The van der Waals surface area contributed by atoms with Crippen LogP contribution in [-0.2, 0) is 4.79 Å². The molecule has 4 fully saturated rings. The summed E-state index contributed by atoms with van der Waals surface area (Å²) in [5, 5.41) is 10.5. The highest BCUT2D eigenvalue weighted by molar-refractivity contribution is 5.87. The predicted molar refractivity (Wildman–Crippen MR) is 82.7 cm³/mol. The predicted octanol–water partition coefficient (Wildman–Crippen LogP) is 3.96. The summed E-state index contributed by atoms with van der Waals surface area (Å²) >= 11 is 0. The molecule has 0 radical (unpaired) electrons. The van der Waals surface area contributed by atoms with Crippen LogP contribution in [0.2, 0.25) is 0 Å². The Bertz CT molecular complexity index is 458. The molecule has 4 saturated carbocycles. The number of ketones is 1. The highest BCUT2D eigenvalue weighted by Crippen LogP contribution is 2.65. The van der Waals surface area contributed by atoms with Gasteiger partial charge in [0, 0.05) is 11.8 Å². The zero-order valence-corrected chi connectivity index (χ0v) is 13.6. The molecule has 0 aliphatic heterocycles. The Labute approximate surface area is 128 Å². The maximum absolute atomic E-state index is 12.4. The van der Waals surface area contributed by atoms with Crippen molar-refractivity contribution in [1.29, 1.82) is 0 Å². The molecule has 4 rings (SSSR count). The van der Waals surface area contributed by atoms with Crippen molar-refractivity contribution in [3.05, 3.63) is 0 Å². The van der Waals surface area contributed by atoms with Crippen LogP contribution in [0.25, 0.3) is 0 Å². The number of rotatable bonds is 0. The van der Waals surface area contributed by atoms with Crippen molar-refractivity contribution in [3.8, 4) is 0 Å². The van der Waals surface area contributed by atoms with E-state index in [1.165, 1.54) is 32.1 Å². The van der Waals surface area contributed by atoms with Gasteiger partial charge in [0.05, 0.1) is 6.10 Å². The Balaban J connectivity index is 1.66. The quantitative estimate of drug-likeness (QED) is 0.733. The summed E-state index contributed by atoms with van der Waals surface area (Å²) in [6, 6.07) is 0. The van der Waals surface area contributed by atoms with Crippen LogP contribution in [0, 0.1) is 34.5 Å². The number of hydrogen-bond acceptors (Lipinski definition) is 2. The van der Waals surface area contributed by atoms with E-state index in [-0.39, 0.29) is 11.5 Å². The highest BCUT2D eigenvalue weighted by Gasteiger charge is 2.60. The molecule has 4 aliphatic rings. The van der Waals surface area contributed by atoms with E-state index in [1.54, 1.807) is 0 Å². The molecule has 0 spiro atoms. The third-order valence-electron chi connectivity index (χ3n) is 8.33. The molecule has 2 nitrogen and oxygen atoms in total. The van der Waals surface area contributed by atoms with E-state index in [0.29, 0.717) is 23.0 Å². The second-order valence-electron chi connectivity index (χ2n) is 8.94. The first-order valence-electron chi connectivity index (χ1n) is 9.18. The molecule has 0 aromatic heterocycles. The van der Waals surface area contributed by atoms with Gasteiger partial charge in [0.1, 0.15) is 5.78 Å². The fourth-order valence-electron chi connectivity index (χ4n) is 7.15. The number of carbonyl (C=O) groups excluding carboxylic acids is 1. The van der Waals surface area contributed by atoms with Gasteiger partial charge in [-0.3, -0.25) is 4.79 Å². The van der Waals surface area contributed by atoms with Crippen molar-refractivity contribution in [2.75, 3.05) is 0 Å². The van der Waals surface area contributed by atoms with Crippen molar-refractivity contribution in [2.24, 2.45) is 34.5 Å². The van der Waals surface area contributed by atoms with Gasteiger partial charge in [-0.25, -0.2) is 0 Å². The van der Waals surface area contributed by atoms with Crippen LogP contribution in [0.3, 0.4) is 0 Å². The number of fused-ring (bicyclic) bond motifs is 5. The van der Waals surface area contributed by atoms with Crippen LogP contribution in [0.5, 0.6) is 0 Å². The molecule has 0 amide bonds. The van der Waals surface area contributed by atoms with Crippen LogP contribution in [0.15, 0.2) is 0 Å². The van der Waals surface area contributed by atoms with Gasteiger partial charge in [-0.05, 0) is 74.0 Å². The normalized spacial score (nSPS) is 56.5. The van der Waals surface area contributed by atoms with Crippen molar-refractivity contribution >= 4 is 5.78 Å². The lowest BCUT2D eigenvalue weighted by Gasteiger charge is -2.60. The first-order chi connectivity index (χ1) is 9.97. The smallest absolute Gasteiger partial charge is 0.139 e. The lowest BCUT2D eigenvalue weighted by Crippen LogP contribution is -2.55. The molecular weight excluding hydrogens is 260 g/mol. The summed E-state index contributed by atoms with van der Waals surface area (Å²) in [5.74, 6) is 3.22. The van der Waals surface area contributed by atoms with E-state index in [2.05, 4.69) is 13.8 Å². The minimum atomic E-state index is -0.0665. The Morgan fingerprint density at radius 1 is 0.952 bits per heavy atom. The van der Waals surface area contributed by atoms with Crippen molar-refractivity contribution in [3.63, 3.8) is 0 Å². The number of aliphatic hydroxyl groups is 1. The molecule has 2 unspecified atom stereocenters. The third kappa shape index (κ3) is 1.77. The zero-order chi connectivity index (χ0) is 14.8. The van der Waals surface area contributed by atoms with Crippen LogP contribution in [0.4, 0.5) is 0 Å². The van der Waals surface area contributed by atoms with Crippen molar-refractivity contribution < 1.29 is 9.90 Å². The van der Waals surface area contributed by atoms with E-state index in [9.17, 15) is 9.90 Å². The minimum absolute atomic E-state index is 0.00234.